The Balaban J connectivity index is 1.43. The first-order valence-electron chi connectivity index (χ1n) is 8.80. The molecule has 0 amide bonds. The standard InChI is InChI=1S/C20H18N2O3S/c23-26(24,15-9-5-2-6-10-15)20(11-12-20)19-21-18(22-25-19)17-13-16(17)14-7-3-1-4-8-14/h1-10,16-17H,11-13H2/t16-,17+/m0/s1. The third kappa shape index (κ3) is 2.32. The summed E-state index contributed by atoms with van der Waals surface area (Å²) in [6.45, 7) is 0. The Bertz CT molecular complexity index is 1040. The van der Waals surface area contributed by atoms with Crippen LogP contribution in [-0.4, -0.2) is 18.6 Å². The molecule has 2 aromatic carbocycles. The van der Waals surface area contributed by atoms with Gasteiger partial charge in [0.1, 0.15) is 0 Å². The van der Waals surface area contributed by atoms with Crippen molar-refractivity contribution >= 4 is 9.84 Å². The summed E-state index contributed by atoms with van der Waals surface area (Å²) in [6.07, 6.45) is 2.03. The molecule has 6 heteroatoms. The Morgan fingerprint density at radius 2 is 1.58 bits per heavy atom. The summed E-state index contributed by atoms with van der Waals surface area (Å²) < 4.78 is 30.5. The van der Waals surface area contributed by atoms with E-state index >= 15 is 0 Å². The van der Waals surface area contributed by atoms with Crippen LogP contribution in [0.5, 0.6) is 0 Å². The van der Waals surface area contributed by atoms with Gasteiger partial charge in [0, 0.05) is 5.92 Å². The van der Waals surface area contributed by atoms with Crippen molar-refractivity contribution in [2.75, 3.05) is 0 Å². The van der Waals surface area contributed by atoms with E-state index in [2.05, 4.69) is 22.3 Å². The van der Waals surface area contributed by atoms with Crippen molar-refractivity contribution in [1.29, 1.82) is 0 Å². The van der Waals surface area contributed by atoms with Crippen LogP contribution < -0.4 is 0 Å². The predicted octanol–water partition coefficient (Wildman–Crippen LogP) is 3.80. The molecule has 2 aliphatic carbocycles. The van der Waals surface area contributed by atoms with Gasteiger partial charge in [-0.3, -0.25) is 0 Å². The quantitative estimate of drug-likeness (QED) is 0.687. The summed E-state index contributed by atoms with van der Waals surface area (Å²) in [6, 6.07) is 18.8. The number of aromatic nitrogens is 2. The van der Waals surface area contributed by atoms with Crippen LogP contribution in [0, 0.1) is 0 Å². The molecular weight excluding hydrogens is 348 g/mol. The molecule has 2 saturated carbocycles. The Labute approximate surface area is 152 Å². The average Bonchev–Trinajstić information content (AvgIpc) is 3.61. The smallest absolute Gasteiger partial charge is 0.248 e. The van der Waals surface area contributed by atoms with E-state index in [0.717, 1.165) is 6.42 Å². The largest absolute Gasteiger partial charge is 0.338 e. The van der Waals surface area contributed by atoms with Crippen LogP contribution in [-0.2, 0) is 14.6 Å². The minimum atomic E-state index is -3.53. The molecular formula is C20H18N2O3S. The zero-order chi connectivity index (χ0) is 17.8. The molecule has 1 heterocycles. The lowest BCUT2D eigenvalue weighted by Gasteiger charge is -2.11. The van der Waals surface area contributed by atoms with Crippen LogP contribution in [0.1, 0.15) is 48.4 Å². The molecule has 0 spiro atoms. The monoisotopic (exact) mass is 366 g/mol. The van der Waals surface area contributed by atoms with Crippen molar-refractivity contribution < 1.29 is 12.9 Å². The Kier molecular flexibility index (Phi) is 3.34. The zero-order valence-corrected chi connectivity index (χ0v) is 14.9. The van der Waals surface area contributed by atoms with Crippen molar-refractivity contribution in [3.63, 3.8) is 0 Å². The van der Waals surface area contributed by atoms with E-state index in [0.29, 0.717) is 29.5 Å². The molecule has 2 aliphatic rings. The van der Waals surface area contributed by atoms with Crippen LogP contribution in [0.25, 0.3) is 0 Å². The van der Waals surface area contributed by atoms with Crippen LogP contribution in [0.4, 0.5) is 0 Å². The van der Waals surface area contributed by atoms with Gasteiger partial charge in [-0.05, 0) is 42.9 Å². The van der Waals surface area contributed by atoms with Crippen LogP contribution in [0.2, 0.25) is 0 Å². The third-order valence-corrected chi connectivity index (χ3v) is 7.96. The fraction of sp³-hybridized carbons (Fsp3) is 0.300. The van der Waals surface area contributed by atoms with Gasteiger partial charge in [-0.15, -0.1) is 0 Å². The highest BCUT2D eigenvalue weighted by molar-refractivity contribution is 7.92. The molecule has 3 aromatic rings. The molecule has 0 unspecified atom stereocenters. The van der Waals surface area contributed by atoms with Gasteiger partial charge in [-0.25, -0.2) is 8.42 Å². The van der Waals surface area contributed by atoms with Crippen molar-refractivity contribution in [3.05, 3.63) is 77.9 Å². The maximum atomic E-state index is 13.1. The fourth-order valence-electron chi connectivity index (χ4n) is 3.66. The highest BCUT2D eigenvalue weighted by Crippen LogP contribution is 2.57. The molecule has 0 aliphatic heterocycles. The first kappa shape index (κ1) is 15.8. The lowest BCUT2D eigenvalue weighted by molar-refractivity contribution is 0.363. The average molecular weight is 366 g/mol. The van der Waals surface area contributed by atoms with Crippen LogP contribution in [0.3, 0.4) is 0 Å². The second-order valence-electron chi connectivity index (χ2n) is 7.13. The second-order valence-corrected chi connectivity index (χ2v) is 9.39. The normalized spacial score (nSPS) is 23.5. The van der Waals surface area contributed by atoms with Gasteiger partial charge in [0.2, 0.25) is 5.89 Å². The van der Waals surface area contributed by atoms with E-state index in [1.54, 1.807) is 30.3 Å². The van der Waals surface area contributed by atoms with E-state index in [1.807, 2.05) is 18.2 Å². The van der Waals surface area contributed by atoms with E-state index in [-0.39, 0.29) is 11.8 Å². The second kappa shape index (κ2) is 5.51. The number of sulfone groups is 1. The number of nitrogens with zero attached hydrogens (tertiary/aromatic N) is 2. The van der Waals surface area contributed by atoms with Gasteiger partial charge in [0.25, 0.3) is 0 Å². The molecule has 5 nitrogen and oxygen atoms in total. The Morgan fingerprint density at radius 3 is 2.23 bits per heavy atom. The van der Waals surface area contributed by atoms with Gasteiger partial charge >= 0.3 is 0 Å². The number of benzene rings is 2. The van der Waals surface area contributed by atoms with Crippen molar-refractivity contribution in [2.45, 2.75) is 40.7 Å². The fourth-order valence-corrected chi connectivity index (χ4v) is 5.57. The molecule has 132 valence electrons. The molecule has 0 saturated heterocycles. The SMILES string of the molecule is O=S(=O)(c1ccccc1)C1(c2nc([C@@H]3C[C@H]3c3ccccc3)no2)CC1. The molecule has 5 rings (SSSR count). The summed E-state index contributed by atoms with van der Waals surface area (Å²) in [5.41, 5.74) is 1.27. The third-order valence-electron chi connectivity index (χ3n) is 5.45. The van der Waals surface area contributed by atoms with E-state index in [4.69, 9.17) is 4.52 Å². The molecule has 2 atom stereocenters. The van der Waals surface area contributed by atoms with Gasteiger partial charge in [0.05, 0.1) is 4.90 Å². The highest BCUT2D eigenvalue weighted by atomic mass is 32.2. The number of rotatable bonds is 5. The molecule has 1 aromatic heterocycles. The summed E-state index contributed by atoms with van der Waals surface area (Å²) in [5.74, 6) is 1.48. The van der Waals surface area contributed by atoms with Crippen molar-refractivity contribution in [2.24, 2.45) is 0 Å². The van der Waals surface area contributed by atoms with Gasteiger partial charge in [-0.1, -0.05) is 53.7 Å². The van der Waals surface area contributed by atoms with Crippen LogP contribution >= 0.6 is 0 Å². The summed E-state index contributed by atoms with van der Waals surface area (Å²) in [5, 5.41) is 4.12. The molecule has 0 N–H and O–H groups in total. The van der Waals surface area contributed by atoms with Crippen LogP contribution in [0.15, 0.2) is 70.1 Å². The van der Waals surface area contributed by atoms with Crippen molar-refractivity contribution in [3.8, 4) is 0 Å². The van der Waals surface area contributed by atoms with Crippen molar-refractivity contribution in [1.82, 2.24) is 10.1 Å². The predicted molar refractivity (Wildman–Crippen MR) is 95.4 cm³/mol. The molecule has 2 fully saturated rings. The first-order chi connectivity index (χ1) is 12.6. The first-order valence-corrected chi connectivity index (χ1v) is 10.3. The topological polar surface area (TPSA) is 73.1 Å². The number of hydrogen-bond acceptors (Lipinski definition) is 5. The molecule has 0 radical (unpaired) electrons. The lowest BCUT2D eigenvalue weighted by atomic mass is 10.1. The Hall–Kier alpha value is -2.47. The summed E-state index contributed by atoms with van der Waals surface area (Å²) in [4.78, 5) is 4.83. The summed E-state index contributed by atoms with van der Waals surface area (Å²) in [7, 11) is -3.53. The van der Waals surface area contributed by atoms with E-state index in [1.165, 1.54) is 5.56 Å². The minimum Gasteiger partial charge on any atom is -0.338 e. The zero-order valence-electron chi connectivity index (χ0n) is 14.1. The summed E-state index contributed by atoms with van der Waals surface area (Å²) >= 11 is 0. The highest BCUT2D eigenvalue weighted by Gasteiger charge is 2.61. The van der Waals surface area contributed by atoms with Gasteiger partial charge in [-0.2, -0.15) is 4.98 Å². The lowest BCUT2D eigenvalue weighted by Crippen LogP contribution is -2.21. The molecule has 26 heavy (non-hydrogen) atoms. The van der Waals surface area contributed by atoms with Gasteiger partial charge in [0.15, 0.2) is 20.4 Å². The molecule has 0 bridgehead atoms. The van der Waals surface area contributed by atoms with E-state index in [9.17, 15) is 8.42 Å². The Morgan fingerprint density at radius 1 is 0.923 bits per heavy atom. The number of hydrogen-bond donors (Lipinski definition) is 0. The maximum absolute atomic E-state index is 13.1. The van der Waals surface area contributed by atoms with Gasteiger partial charge < -0.3 is 4.52 Å². The van der Waals surface area contributed by atoms with E-state index < -0.39 is 14.6 Å². The minimum absolute atomic E-state index is 0.213. The maximum Gasteiger partial charge on any atom is 0.248 e.